The number of hydrogen-bond donors (Lipinski definition) is 0. The number of benzene rings is 1. The van der Waals surface area contributed by atoms with E-state index >= 15 is 0 Å². The molecule has 1 nitrogen and oxygen atoms in total. The topological polar surface area (TPSA) is 3.24 Å². The fraction of sp³-hybridized carbons (Fsp3) is 0.600. The molecule has 1 aliphatic heterocycles. The van der Waals surface area contributed by atoms with E-state index in [0.717, 1.165) is 10.9 Å². The Bertz CT molecular complexity index is 346. The largest absolute Gasteiger partial charge is 0.301 e. The van der Waals surface area contributed by atoms with Crippen LogP contribution in [0.3, 0.4) is 0 Å². The van der Waals surface area contributed by atoms with E-state index in [1.165, 1.54) is 37.9 Å². The van der Waals surface area contributed by atoms with Crippen LogP contribution in [0.1, 0.15) is 44.6 Å². The summed E-state index contributed by atoms with van der Waals surface area (Å²) in [5.74, 6) is 0.718. The van der Waals surface area contributed by atoms with Gasteiger partial charge in [-0.25, -0.2) is 0 Å². The van der Waals surface area contributed by atoms with Crippen LogP contribution < -0.4 is 0 Å². The van der Waals surface area contributed by atoms with Crippen LogP contribution in [0.25, 0.3) is 0 Å². The van der Waals surface area contributed by atoms with E-state index in [1.54, 1.807) is 0 Å². The second-order valence-corrected chi connectivity index (χ2v) is 5.59. The summed E-state index contributed by atoms with van der Waals surface area (Å²) in [7, 11) is 0. The Balaban J connectivity index is 1.99. The Kier molecular flexibility index (Phi) is 4.47. The second-order valence-electron chi connectivity index (χ2n) is 5.16. The summed E-state index contributed by atoms with van der Waals surface area (Å²) in [6.07, 6.45) is 3.82. The zero-order valence-corrected chi connectivity index (χ0v) is 11.6. The molecule has 2 rings (SSSR count). The predicted octanol–water partition coefficient (Wildman–Crippen LogP) is 4.32. The average molecular weight is 252 g/mol. The van der Waals surface area contributed by atoms with Crippen LogP contribution >= 0.6 is 11.6 Å². The summed E-state index contributed by atoms with van der Waals surface area (Å²) in [6.45, 7) is 7.10. The minimum absolute atomic E-state index is 0.712. The van der Waals surface area contributed by atoms with Crippen molar-refractivity contribution in [2.45, 2.75) is 45.1 Å². The third-order valence-electron chi connectivity index (χ3n) is 3.87. The number of piperidine rings is 1. The van der Waals surface area contributed by atoms with E-state index in [0.29, 0.717) is 6.04 Å². The van der Waals surface area contributed by atoms with Gasteiger partial charge in [-0.3, -0.25) is 0 Å². The Hall–Kier alpha value is -0.530. The zero-order chi connectivity index (χ0) is 12.3. The van der Waals surface area contributed by atoms with E-state index < -0.39 is 0 Å². The van der Waals surface area contributed by atoms with Gasteiger partial charge in [0.2, 0.25) is 0 Å². The van der Waals surface area contributed by atoms with E-state index in [-0.39, 0.29) is 0 Å². The van der Waals surface area contributed by atoms with Gasteiger partial charge in [-0.05, 0) is 62.9 Å². The van der Waals surface area contributed by atoms with Crippen molar-refractivity contribution in [3.63, 3.8) is 0 Å². The minimum atomic E-state index is 0.712. The van der Waals surface area contributed by atoms with Crippen LogP contribution in [0.4, 0.5) is 0 Å². The minimum Gasteiger partial charge on any atom is -0.301 e. The van der Waals surface area contributed by atoms with Gasteiger partial charge in [0, 0.05) is 11.1 Å². The molecule has 0 saturated carbocycles. The van der Waals surface area contributed by atoms with E-state index in [1.807, 2.05) is 12.1 Å². The highest BCUT2D eigenvalue weighted by atomic mass is 35.5. The number of halogens is 1. The predicted molar refractivity (Wildman–Crippen MR) is 74.8 cm³/mol. The quantitative estimate of drug-likeness (QED) is 0.774. The molecule has 1 aromatic rings. The molecule has 1 heterocycles. The molecule has 0 bridgehead atoms. The number of likely N-dealkylation sites (tertiary alicyclic amines) is 1. The molecule has 94 valence electrons. The van der Waals surface area contributed by atoms with Crippen molar-refractivity contribution in [1.29, 1.82) is 0 Å². The van der Waals surface area contributed by atoms with Crippen molar-refractivity contribution >= 4 is 11.6 Å². The van der Waals surface area contributed by atoms with E-state index in [2.05, 4.69) is 30.9 Å². The fourth-order valence-corrected chi connectivity index (χ4v) is 3.00. The van der Waals surface area contributed by atoms with Gasteiger partial charge in [-0.2, -0.15) is 0 Å². The lowest BCUT2D eigenvalue weighted by molar-refractivity contribution is 0.147. The van der Waals surface area contributed by atoms with Crippen LogP contribution in [0.2, 0.25) is 5.02 Å². The first kappa shape index (κ1) is 12.9. The molecule has 0 aromatic heterocycles. The first-order chi connectivity index (χ1) is 8.20. The van der Waals surface area contributed by atoms with Gasteiger partial charge < -0.3 is 4.90 Å². The number of rotatable bonds is 3. The molecule has 1 fully saturated rings. The SMILES string of the molecule is CCCN1CC[C@H](c2ccc(Cl)cc2)CC1C. The monoisotopic (exact) mass is 251 g/mol. The summed E-state index contributed by atoms with van der Waals surface area (Å²) in [5.41, 5.74) is 1.46. The Morgan fingerprint density at radius 3 is 2.59 bits per heavy atom. The van der Waals surface area contributed by atoms with Gasteiger partial charge in [0.15, 0.2) is 0 Å². The molecular weight excluding hydrogens is 230 g/mol. The van der Waals surface area contributed by atoms with Gasteiger partial charge >= 0.3 is 0 Å². The van der Waals surface area contributed by atoms with E-state index in [4.69, 9.17) is 11.6 Å². The summed E-state index contributed by atoms with van der Waals surface area (Å²) < 4.78 is 0. The van der Waals surface area contributed by atoms with Crippen LogP contribution in [0.5, 0.6) is 0 Å². The summed E-state index contributed by atoms with van der Waals surface area (Å²) in [5, 5.41) is 0.838. The lowest BCUT2D eigenvalue weighted by Crippen LogP contribution is -2.40. The van der Waals surface area contributed by atoms with Gasteiger partial charge in [0.25, 0.3) is 0 Å². The molecule has 2 heteroatoms. The smallest absolute Gasteiger partial charge is 0.0406 e. The highest BCUT2D eigenvalue weighted by Crippen LogP contribution is 2.31. The molecule has 0 N–H and O–H groups in total. The Labute approximate surface area is 110 Å². The highest BCUT2D eigenvalue weighted by molar-refractivity contribution is 6.30. The Morgan fingerprint density at radius 1 is 1.29 bits per heavy atom. The van der Waals surface area contributed by atoms with Crippen molar-refractivity contribution in [2.24, 2.45) is 0 Å². The van der Waals surface area contributed by atoms with Crippen molar-refractivity contribution in [3.05, 3.63) is 34.9 Å². The van der Waals surface area contributed by atoms with E-state index in [9.17, 15) is 0 Å². The molecule has 0 spiro atoms. The molecule has 1 unspecified atom stereocenters. The fourth-order valence-electron chi connectivity index (χ4n) is 2.88. The molecule has 0 aliphatic carbocycles. The normalized spacial score (nSPS) is 26.1. The van der Waals surface area contributed by atoms with Gasteiger partial charge in [-0.15, -0.1) is 0 Å². The summed E-state index contributed by atoms with van der Waals surface area (Å²) in [4.78, 5) is 2.62. The summed E-state index contributed by atoms with van der Waals surface area (Å²) >= 11 is 5.94. The van der Waals surface area contributed by atoms with Gasteiger partial charge in [0.1, 0.15) is 0 Å². The molecule has 1 aromatic carbocycles. The summed E-state index contributed by atoms with van der Waals surface area (Å²) in [6, 6.07) is 9.12. The van der Waals surface area contributed by atoms with Crippen LogP contribution in [-0.4, -0.2) is 24.0 Å². The highest BCUT2D eigenvalue weighted by Gasteiger charge is 2.25. The maximum Gasteiger partial charge on any atom is 0.0406 e. The van der Waals surface area contributed by atoms with Gasteiger partial charge in [0.05, 0.1) is 0 Å². The first-order valence-electron chi connectivity index (χ1n) is 6.70. The lowest BCUT2D eigenvalue weighted by atomic mass is 9.86. The molecular formula is C15H22ClN. The molecule has 17 heavy (non-hydrogen) atoms. The number of hydrogen-bond acceptors (Lipinski definition) is 1. The third-order valence-corrected chi connectivity index (χ3v) is 4.12. The molecule has 2 atom stereocenters. The first-order valence-corrected chi connectivity index (χ1v) is 7.08. The third kappa shape index (κ3) is 3.23. The van der Waals surface area contributed by atoms with Crippen LogP contribution in [0, 0.1) is 0 Å². The zero-order valence-electron chi connectivity index (χ0n) is 10.8. The second kappa shape index (κ2) is 5.88. The van der Waals surface area contributed by atoms with Crippen molar-refractivity contribution in [3.8, 4) is 0 Å². The Morgan fingerprint density at radius 2 is 2.00 bits per heavy atom. The maximum absolute atomic E-state index is 5.94. The molecule has 1 saturated heterocycles. The standard InChI is InChI=1S/C15H22ClN/c1-3-9-17-10-8-14(11-12(17)2)13-4-6-15(16)7-5-13/h4-7,12,14H,3,8-11H2,1-2H3/t12?,14-/m0/s1. The van der Waals surface area contributed by atoms with Crippen LogP contribution in [0.15, 0.2) is 24.3 Å². The molecule has 1 aliphatic rings. The van der Waals surface area contributed by atoms with Crippen molar-refractivity contribution in [2.75, 3.05) is 13.1 Å². The van der Waals surface area contributed by atoms with Gasteiger partial charge in [-0.1, -0.05) is 30.7 Å². The van der Waals surface area contributed by atoms with Crippen molar-refractivity contribution < 1.29 is 0 Å². The van der Waals surface area contributed by atoms with Crippen molar-refractivity contribution in [1.82, 2.24) is 4.90 Å². The van der Waals surface area contributed by atoms with Crippen LogP contribution in [-0.2, 0) is 0 Å². The number of nitrogens with zero attached hydrogens (tertiary/aromatic N) is 1. The average Bonchev–Trinajstić information content (AvgIpc) is 2.33. The molecule has 0 amide bonds. The maximum atomic E-state index is 5.94. The molecule has 0 radical (unpaired) electrons. The lowest BCUT2D eigenvalue weighted by Gasteiger charge is -2.37.